The molecule has 1 aromatic carbocycles. The Balaban J connectivity index is 0.00000242. The van der Waals surface area contributed by atoms with E-state index in [0.717, 1.165) is 17.9 Å². The van der Waals surface area contributed by atoms with E-state index in [1.807, 2.05) is 24.3 Å². The third kappa shape index (κ3) is 4.87. The largest absolute Gasteiger partial charge is 0.497 e. The highest BCUT2D eigenvalue weighted by Gasteiger charge is 2.25. The molecule has 1 aromatic rings. The number of methoxy groups -OCH3 is 1. The Labute approximate surface area is 138 Å². The van der Waals surface area contributed by atoms with Crippen LogP contribution in [0.4, 0.5) is 0 Å². The van der Waals surface area contributed by atoms with Crippen LogP contribution in [0.3, 0.4) is 0 Å². The number of carbonyl (C=O) groups is 1. The van der Waals surface area contributed by atoms with Crippen LogP contribution in [0.25, 0.3) is 0 Å². The Kier molecular flexibility index (Phi) is 7.13. The lowest BCUT2D eigenvalue weighted by molar-refractivity contribution is -0.126. The number of halogens is 1. The van der Waals surface area contributed by atoms with Gasteiger partial charge in [-0.25, -0.2) is 0 Å². The third-order valence-electron chi connectivity index (χ3n) is 3.81. The normalized spacial score (nSPS) is 18.2. The van der Waals surface area contributed by atoms with Crippen molar-refractivity contribution in [1.29, 1.82) is 0 Å². The van der Waals surface area contributed by atoms with Gasteiger partial charge in [-0.3, -0.25) is 4.79 Å². The molecule has 2 N–H and O–H groups in total. The molecule has 1 aliphatic rings. The van der Waals surface area contributed by atoms with Crippen molar-refractivity contribution in [1.82, 2.24) is 10.6 Å². The van der Waals surface area contributed by atoms with Gasteiger partial charge < -0.3 is 20.1 Å². The first kappa shape index (κ1) is 18.7. The van der Waals surface area contributed by atoms with Crippen LogP contribution in [0.15, 0.2) is 24.3 Å². The van der Waals surface area contributed by atoms with E-state index < -0.39 is 0 Å². The summed E-state index contributed by atoms with van der Waals surface area (Å²) in [5, 5.41) is 6.16. The molecule has 0 aromatic heterocycles. The van der Waals surface area contributed by atoms with Gasteiger partial charge in [-0.05, 0) is 17.7 Å². The number of hydrogen-bond donors (Lipinski definition) is 2. The number of carbonyl (C=O) groups excluding carboxylic acids is 1. The Morgan fingerprint density at radius 2 is 2.09 bits per heavy atom. The number of nitrogens with one attached hydrogen (secondary N) is 2. The van der Waals surface area contributed by atoms with E-state index in [2.05, 4.69) is 24.5 Å². The molecule has 0 bridgehead atoms. The van der Waals surface area contributed by atoms with Crippen molar-refractivity contribution in [3.63, 3.8) is 0 Å². The molecule has 6 heteroatoms. The first-order valence-corrected chi connectivity index (χ1v) is 7.26. The minimum atomic E-state index is -0.245. The molecule has 1 aliphatic heterocycles. The smallest absolute Gasteiger partial charge is 0.239 e. The lowest BCUT2D eigenvalue weighted by Crippen LogP contribution is -2.52. The second-order valence-electron chi connectivity index (χ2n) is 5.91. The Bertz CT molecular complexity index is 471. The van der Waals surface area contributed by atoms with Crippen molar-refractivity contribution in [2.75, 3.05) is 33.4 Å². The minimum absolute atomic E-state index is 0. The van der Waals surface area contributed by atoms with Crippen molar-refractivity contribution in [3.05, 3.63) is 29.8 Å². The summed E-state index contributed by atoms with van der Waals surface area (Å²) in [5.74, 6) is 0.832. The molecule has 0 aliphatic carbocycles. The van der Waals surface area contributed by atoms with Crippen molar-refractivity contribution in [3.8, 4) is 5.75 Å². The molecular formula is C16H25ClN2O3. The number of amides is 1. The molecule has 0 radical (unpaired) electrons. The first-order valence-electron chi connectivity index (χ1n) is 7.26. The zero-order valence-corrected chi connectivity index (χ0v) is 14.2. The van der Waals surface area contributed by atoms with E-state index in [4.69, 9.17) is 9.47 Å². The standard InChI is InChI=1S/C16H24N2O3.ClH/c1-16(2,12-4-6-13(20-3)7-5-12)11-18-15(19)14-10-21-9-8-17-14;/h4-7,14,17H,8-11H2,1-3H3,(H,18,19);1H. The van der Waals surface area contributed by atoms with Gasteiger partial charge in [-0.1, -0.05) is 26.0 Å². The van der Waals surface area contributed by atoms with Gasteiger partial charge in [0.1, 0.15) is 11.8 Å². The molecule has 1 amide bonds. The van der Waals surface area contributed by atoms with Gasteiger partial charge in [0.2, 0.25) is 5.91 Å². The SMILES string of the molecule is COc1ccc(C(C)(C)CNC(=O)C2COCCN2)cc1.Cl. The van der Waals surface area contributed by atoms with Crippen LogP contribution in [-0.4, -0.2) is 45.4 Å². The van der Waals surface area contributed by atoms with Crippen molar-refractivity contribution >= 4 is 18.3 Å². The molecule has 1 unspecified atom stereocenters. The van der Waals surface area contributed by atoms with E-state index >= 15 is 0 Å². The summed E-state index contributed by atoms with van der Waals surface area (Å²) in [7, 11) is 1.65. The predicted molar refractivity (Wildman–Crippen MR) is 88.9 cm³/mol. The van der Waals surface area contributed by atoms with Crippen molar-refractivity contribution in [2.24, 2.45) is 0 Å². The van der Waals surface area contributed by atoms with Crippen molar-refractivity contribution in [2.45, 2.75) is 25.3 Å². The zero-order valence-electron chi connectivity index (χ0n) is 13.3. The number of benzene rings is 1. The van der Waals surface area contributed by atoms with E-state index in [0.29, 0.717) is 19.8 Å². The van der Waals surface area contributed by atoms with Crippen LogP contribution in [0.1, 0.15) is 19.4 Å². The second-order valence-corrected chi connectivity index (χ2v) is 5.91. The van der Waals surface area contributed by atoms with E-state index in [1.54, 1.807) is 7.11 Å². The predicted octanol–water partition coefficient (Wildman–Crippen LogP) is 1.50. The number of rotatable bonds is 5. The monoisotopic (exact) mass is 328 g/mol. The molecule has 0 saturated carbocycles. The van der Waals surface area contributed by atoms with Gasteiger partial charge in [0.05, 0.1) is 20.3 Å². The average Bonchev–Trinajstić information content (AvgIpc) is 2.53. The minimum Gasteiger partial charge on any atom is -0.497 e. The van der Waals surface area contributed by atoms with Crippen LogP contribution in [0.2, 0.25) is 0 Å². The van der Waals surface area contributed by atoms with Crippen LogP contribution in [0, 0.1) is 0 Å². The molecule has 0 spiro atoms. The summed E-state index contributed by atoms with van der Waals surface area (Å²) in [6.45, 7) is 6.63. The van der Waals surface area contributed by atoms with Gasteiger partial charge in [0.25, 0.3) is 0 Å². The van der Waals surface area contributed by atoms with Gasteiger partial charge in [0, 0.05) is 18.5 Å². The number of ether oxygens (including phenoxy) is 2. The van der Waals surface area contributed by atoms with E-state index in [1.165, 1.54) is 0 Å². The highest BCUT2D eigenvalue weighted by molar-refractivity contribution is 5.85. The van der Waals surface area contributed by atoms with Crippen LogP contribution < -0.4 is 15.4 Å². The fourth-order valence-electron chi connectivity index (χ4n) is 2.31. The summed E-state index contributed by atoms with van der Waals surface area (Å²) in [6, 6.07) is 7.70. The molecule has 124 valence electrons. The topological polar surface area (TPSA) is 59.6 Å². The molecule has 2 rings (SSSR count). The Hall–Kier alpha value is -1.30. The van der Waals surface area contributed by atoms with Crippen LogP contribution in [0.5, 0.6) is 5.75 Å². The Morgan fingerprint density at radius 3 is 2.64 bits per heavy atom. The molecule has 1 fully saturated rings. The van der Waals surface area contributed by atoms with Gasteiger partial charge in [-0.15, -0.1) is 12.4 Å². The Morgan fingerprint density at radius 1 is 1.41 bits per heavy atom. The zero-order chi connectivity index (χ0) is 15.3. The second kappa shape index (κ2) is 8.36. The van der Waals surface area contributed by atoms with Crippen LogP contribution >= 0.6 is 12.4 Å². The fourth-order valence-corrected chi connectivity index (χ4v) is 2.31. The van der Waals surface area contributed by atoms with Gasteiger partial charge in [0.15, 0.2) is 0 Å². The average molecular weight is 329 g/mol. The summed E-state index contributed by atoms with van der Waals surface area (Å²) in [4.78, 5) is 12.1. The molecule has 1 saturated heterocycles. The van der Waals surface area contributed by atoms with E-state index in [-0.39, 0.29) is 29.8 Å². The summed E-state index contributed by atoms with van der Waals surface area (Å²) >= 11 is 0. The van der Waals surface area contributed by atoms with Gasteiger partial charge in [-0.2, -0.15) is 0 Å². The first-order chi connectivity index (χ1) is 10.0. The highest BCUT2D eigenvalue weighted by Crippen LogP contribution is 2.24. The molecule has 1 heterocycles. The summed E-state index contributed by atoms with van der Waals surface area (Å²) < 4.78 is 10.5. The lowest BCUT2D eigenvalue weighted by Gasteiger charge is -2.28. The fraction of sp³-hybridized carbons (Fsp3) is 0.562. The summed E-state index contributed by atoms with van der Waals surface area (Å²) in [6.07, 6.45) is 0. The maximum Gasteiger partial charge on any atom is 0.239 e. The quantitative estimate of drug-likeness (QED) is 0.860. The molecule has 5 nitrogen and oxygen atoms in total. The molecular weight excluding hydrogens is 304 g/mol. The molecule has 22 heavy (non-hydrogen) atoms. The lowest BCUT2D eigenvalue weighted by atomic mass is 9.84. The third-order valence-corrected chi connectivity index (χ3v) is 3.81. The van der Waals surface area contributed by atoms with Crippen molar-refractivity contribution < 1.29 is 14.3 Å². The van der Waals surface area contributed by atoms with E-state index in [9.17, 15) is 4.79 Å². The maximum absolute atomic E-state index is 12.1. The summed E-state index contributed by atoms with van der Waals surface area (Å²) in [5.41, 5.74) is 1.02. The maximum atomic E-state index is 12.1. The van der Waals surface area contributed by atoms with Gasteiger partial charge >= 0.3 is 0 Å². The highest BCUT2D eigenvalue weighted by atomic mass is 35.5. The number of morpholine rings is 1. The number of hydrogen-bond acceptors (Lipinski definition) is 4. The van der Waals surface area contributed by atoms with Crippen LogP contribution in [-0.2, 0) is 14.9 Å². The molecule has 1 atom stereocenters.